The smallest absolute Gasteiger partial charge is 0.197 e. The molecular weight excluding hydrogens is 368 g/mol. The van der Waals surface area contributed by atoms with Gasteiger partial charge in [0.25, 0.3) is 0 Å². The third kappa shape index (κ3) is 2.60. The van der Waals surface area contributed by atoms with Crippen LogP contribution in [0, 0.1) is 0 Å². The van der Waals surface area contributed by atoms with Crippen molar-refractivity contribution < 1.29 is 4.79 Å². The van der Waals surface area contributed by atoms with Gasteiger partial charge in [0, 0.05) is 38.6 Å². The molecule has 2 aromatic heterocycles. The number of nitrogens with zero attached hydrogens (tertiary/aromatic N) is 1. The molecule has 5 aromatic rings. The lowest BCUT2D eigenvalue weighted by Crippen LogP contribution is -2.06. The molecule has 0 unspecified atom stereocenters. The summed E-state index contributed by atoms with van der Waals surface area (Å²) >= 11 is 6.45. The van der Waals surface area contributed by atoms with E-state index in [-0.39, 0.29) is 5.78 Å². The van der Waals surface area contributed by atoms with Crippen molar-refractivity contribution in [2.45, 2.75) is 0 Å². The van der Waals surface area contributed by atoms with E-state index >= 15 is 0 Å². The summed E-state index contributed by atoms with van der Waals surface area (Å²) in [7, 11) is 0. The standard InChI is InChI=1S/C24H15ClN2O/c25-19-12-6-4-11-17(19)22-21(24(28)15-8-2-1-3-9-15)23-18(14-26-22)16-10-5-7-13-20(16)27-23/h1-14,27H. The van der Waals surface area contributed by atoms with Crippen molar-refractivity contribution >= 4 is 39.2 Å². The summed E-state index contributed by atoms with van der Waals surface area (Å²) in [4.78, 5) is 21.6. The van der Waals surface area contributed by atoms with E-state index in [4.69, 9.17) is 11.6 Å². The highest BCUT2D eigenvalue weighted by Crippen LogP contribution is 2.36. The number of carbonyl (C=O) groups excluding carboxylic acids is 1. The van der Waals surface area contributed by atoms with Crippen LogP contribution in [0.1, 0.15) is 15.9 Å². The predicted octanol–water partition coefficient (Wildman–Crippen LogP) is 6.27. The van der Waals surface area contributed by atoms with Crippen LogP contribution < -0.4 is 0 Å². The van der Waals surface area contributed by atoms with Gasteiger partial charge in [-0.05, 0) is 12.1 Å². The van der Waals surface area contributed by atoms with Crippen LogP contribution in [0.2, 0.25) is 5.02 Å². The van der Waals surface area contributed by atoms with Gasteiger partial charge in [-0.1, -0.05) is 78.3 Å². The molecule has 1 N–H and O–H groups in total. The minimum atomic E-state index is -0.0832. The van der Waals surface area contributed by atoms with Crippen LogP contribution in [0.4, 0.5) is 0 Å². The summed E-state index contributed by atoms with van der Waals surface area (Å²) in [6.07, 6.45) is 1.81. The maximum Gasteiger partial charge on any atom is 0.197 e. The quantitative estimate of drug-likeness (QED) is 0.374. The topological polar surface area (TPSA) is 45.8 Å². The Morgan fingerprint density at radius 1 is 0.821 bits per heavy atom. The van der Waals surface area contributed by atoms with E-state index in [0.29, 0.717) is 21.8 Å². The molecule has 0 atom stereocenters. The normalized spacial score (nSPS) is 11.2. The number of nitrogens with one attached hydrogen (secondary N) is 1. The maximum absolute atomic E-state index is 13.5. The number of hydrogen-bond acceptors (Lipinski definition) is 2. The van der Waals surface area contributed by atoms with Gasteiger partial charge in [-0.25, -0.2) is 0 Å². The Bertz CT molecular complexity index is 1340. The molecule has 3 aromatic carbocycles. The van der Waals surface area contributed by atoms with E-state index < -0.39 is 0 Å². The Kier molecular flexibility index (Phi) is 3.96. The number of aromatic nitrogens is 2. The third-order valence-electron chi connectivity index (χ3n) is 4.95. The number of H-pyrrole nitrogens is 1. The number of hydrogen-bond donors (Lipinski definition) is 1. The van der Waals surface area contributed by atoms with Gasteiger partial charge in [0.2, 0.25) is 0 Å². The van der Waals surface area contributed by atoms with E-state index in [1.54, 1.807) is 0 Å². The molecule has 0 bridgehead atoms. The van der Waals surface area contributed by atoms with Crippen LogP contribution >= 0.6 is 11.6 Å². The molecule has 28 heavy (non-hydrogen) atoms. The molecule has 0 amide bonds. The Labute approximate surface area is 166 Å². The van der Waals surface area contributed by atoms with Crippen molar-refractivity contribution in [2.24, 2.45) is 0 Å². The maximum atomic E-state index is 13.5. The zero-order valence-corrected chi connectivity index (χ0v) is 15.6. The van der Waals surface area contributed by atoms with Crippen molar-refractivity contribution in [3.05, 3.63) is 101 Å². The number of halogens is 1. The van der Waals surface area contributed by atoms with Gasteiger partial charge < -0.3 is 4.98 Å². The van der Waals surface area contributed by atoms with Gasteiger partial charge in [-0.3, -0.25) is 9.78 Å². The first kappa shape index (κ1) is 16.7. The number of pyridine rings is 1. The molecule has 3 nitrogen and oxygen atoms in total. The number of para-hydroxylation sites is 1. The van der Waals surface area contributed by atoms with Gasteiger partial charge in [0.05, 0.1) is 16.8 Å². The molecule has 0 aliphatic carbocycles. The average Bonchev–Trinajstić information content (AvgIpc) is 3.12. The van der Waals surface area contributed by atoms with Crippen molar-refractivity contribution in [3.8, 4) is 11.3 Å². The SMILES string of the molecule is O=C(c1ccccc1)c1c(-c2ccccc2Cl)ncc2c1[nH]c1ccccc12. The number of rotatable bonds is 3. The minimum Gasteiger partial charge on any atom is -0.354 e. The fourth-order valence-corrected chi connectivity index (χ4v) is 3.84. The van der Waals surface area contributed by atoms with Crippen molar-refractivity contribution in [2.75, 3.05) is 0 Å². The fraction of sp³-hybridized carbons (Fsp3) is 0. The lowest BCUT2D eigenvalue weighted by molar-refractivity contribution is 0.104. The van der Waals surface area contributed by atoms with Crippen LogP contribution in [0.25, 0.3) is 33.1 Å². The summed E-state index contributed by atoms with van der Waals surface area (Å²) in [5.74, 6) is -0.0832. The summed E-state index contributed by atoms with van der Waals surface area (Å²) in [6.45, 7) is 0. The third-order valence-corrected chi connectivity index (χ3v) is 5.28. The number of ketones is 1. The van der Waals surface area contributed by atoms with E-state index in [1.165, 1.54) is 0 Å². The van der Waals surface area contributed by atoms with E-state index in [1.807, 2.05) is 85.1 Å². The molecule has 4 heteroatoms. The number of fused-ring (bicyclic) bond motifs is 3. The van der Waals surface area contributed by atoms with Gasteiger partial charge in [-0.15, -0.1) is 0 Å². The van der Waals surface area contributed by atoms with Crippen molar-refractivity contribution in [3.63, 3.8) is 0 Å². The van der Waals surface area contributed by atoms with Crippen molar-refractivity contribution in [1.29, 1.82) is 0 Å². The molecule has 0 aliphatic heterocycles. The van der Waals surface area contributed by atoms with E-state index in [2.05, 4.69) is 9.97 Å². The summed E-state index contributed by atoms with van der Waals surface area (Å²) in [6, 6.07) is 24.7. The lowest BCUT2D eigenvalue weighted by Gasteiger charge is -2.11. The van der Waals surface area contributed by atoms with Crippen LogP contribution in [-0.2, 0) is 0 Å². The highest BCUT2D eigenvalue weighted by molar-refractivity contribution is 6.34. The highest BCUT2D eigenvalue weighted by atomic mass is 35.5. The van der Waals surface area contributed by atoms with Crippen LogP contribution in [0.15, 0.2) is 85.1 Å². The molecule has 134 valence electrons. The molecule has 2 heterocycles. The minimum absolute atomic E-state index is 0.0832. The molecule has 0 fully saturated rings. The molecule has 0 aliphatic rings. The molecule has 0 spiro atoms. The molecule has 5 rings (SSSR count). The Balaban J connectivity index is 1.89. The highest BCUT2D eigenvalue weighted by Gasteiger charge is 2.23. The monoisotopic (exact) mass is 382 g/mol. The molecule has 0 radical (unpaired) electrons. The zero-order valence-electron chi connectivity index (χ0n) is 14.8. The molecular formula is C24H15ClN2O. The zero-order chi connectivity index (χ0) is 19.1. The largest absolute Gasteiger partial charge is 0.354 e. The van der Waals surface area contributed by atoms with E-state index in [0.717, 1.165) is 27.4 Å². The van der Waals surface area contributed by atoms with Gasteiger partial charge in [-0.2, -0.15) is 0 Å². The first-order valence-electron chi connectivity index (χ1n) is 8.98. The Morgan fingerprint density at radius 2 is 1.54 bits per heavy atom. The Morgan fingerprint density at radius 3 is 2.36 bits per heavy atom. The predicted molar refractivity (Wildman–Crippen MR) is 114 cm³/mol. The molecule has 0 saturated carbocycles. The second-order valence-electron chi connectivity index (χ2n) is 6.62. The van der Waals surface area contributed by atoms with Gasteiger partial charge >= 0.3 is 0 Å². The summed E-state index contributed by atoms with van der Waals surface area (Å²) in [5.41, 5.74) is 4.22. The van der Waals surface area contributed by atoms with Crippen LogP contribution in [0.5, 0.6) is 0 Å². The lowest BCUT2D eigenvalue weighted by atomic mass is 9.96. The number of benzene rings is 3. The van der Waals surface area contributed by atoms with Crippen LogP contribution in [-0.4, -0.2) is 15.8 Å². The van der Waals surface area contributed by atoms with Crippen molar-refractivity contribution in [1.82, 2.24) is 9.97 Å². The number of carbonyl (C=O) groups is 1. The number of aromatic amines is 1. The second-order valence-corrected chi connectivity index (χ2v) is 7.02. The van der Waals surface area contributed by atoms with Gasteiger partial charge in [0.15, 0.2) is 5.78 Å². The van der Waals surface area contributed by atoms with E-state index in [9.17, 15) is 4.79 Å². The fourth-order valence-electron chi connectivity index (χ4n) is 3.62. The first-order chi connectivity index (χ1) is 13.7. The second kappa shape index (κ2) is 6.63. The summed E-state index contributed by atoms with van der Waals surface area (Å²) < 4.78 is 0. The molecule has 0 saturated heterocycles. The Hall–Kier alpha value is -3.43. The first-order valence-corrected chi connectivity index (χ1v) is 9.36. The average molecular weight is 383 g/mol. The van der Waals surface area contributed by atoms with Crippen LogP contribution in [0.3, 0.4) is 0 Å². The summed E-state index contributed by atoms with van der Waals surface area (Å²) in [5, 5.41) is 2.52. The van der Waals surface area contributed by atoms with Gasteiger partial charge in [0.1, 0.15) is 0 Å².